The summed E-state index contributed by atoms with van der Waals surface area (Å²) in [6.07, 6.45) is 0. The van der Waals surface area contributed by atoms with E-state index >= 15 is 0 Å². The lowest BCUT2D eigenvalue weighted by molar-refractivity contribution is 0.165. The molecule has 0 saturated heterocycles. The molecule has 0 radical (unpaired) electrons. The van der Waals surface area contributed by atoms with Crippen LogP contribution in [-0.4, -0.2) is 59.5 Å². The summed E-state index contributed by atoms with van der Waals surface area (Å²) in [5, 5.41) is 1.05. The predicted octanol–water partition coefficient (Wildman–Crippen LogP) is 2.27. The summed E-state index contributed by atoms with van der Waals surface area (Å²) < 4.78 is 10.9. The molecule has 0 spiro atoms. The molecule has 0 bridgehead atoms. The molecular weight excluding hydrogens is 268 g/mol. The van der Waals surface area contributed by atoms with Gasteiger partial charge >= 0.3 is 0 Å². The highest BCUT2D eigenvalue weighted by Gasteiger charge is 2.08. The lowest BCUT2D eigenvalue weighted by Gasteiger charge is -2.23. The molecule has 4 nitrogen and oxygen atoms in total. The fourth-order valence-electron chi connectivity index (χ4n) is 1.40. The Morgan fingerprint density at radius 3 is 1.22 bits per heavy atom. The van der Waals surface area contributed by atoms with E-state index in [4.69, 9.17) is 33.9 Å². The van der Waals surface area contributed by atoms with E-state index in [1.54, 1.807) is 0 Å². The molecule has 106 valence electrons. The third kappa shape index (κ3) is 6.35. The minimum atomic E-state index is 0.427. The predicted molar refractivity (Wildman–Crippen MR) is 82.9 cm³/mol. The summed E-state index contributed by atoms with van der Waals surface area (Å²) in [7, 11) is 0. The van der Waals surface area contributed by atoms with E-state index in [1.807, 2.05) is 37.5 Å². The first-order valence-electron chi connectivity index (χ1n) is 6.43. The van der Waals surface area contributed by atoms with Crippen molar-refractivity contribution in [3.05, 3.63) is 0 Å². The Morgan fingerprint density at radius 1 is 0.722 bits per heavy atom. The van der Waals surface area contributed by atoms with Crippen LogP contribution >= 0.6 is 24.4 Å². The molecule has 0 atom stereocenters. The Labute approximate surface area is 121 Å². The second kappa shape index (κ2) is 10.3. The summed E-state index contributed by atoms with van der Waals surface area (Å²) in [6.45, 7) is 12.5. The highest BCUT2D eigenvalue weighted by molar-refractivity contribution is 7.80. The topological polar surface area (TPSA) is 24.9 Å². The molecule has 0 aliphatic rings. The third-order valence-electron chi connectivity index (χ3n) is 2.58. The van der Waals surface area contributed by atoms with Crippen molar-refractivity contribution >= 4 is 34.8 Å². The number of ether oxygens (including phenoxy) is 2. The van der Waals surface area contributed by atoms with Gasteiger partial charge in [0.2, 0.25) is 0 Å². The molecule has 0 heterocycles. The van der Waals surface area contributed by atoms with Gasteiger partial charge < -0.3 is 19.3 Å². The average Bonchev–Trinajstić information content (AvgIpc) is 2.37. The Hall–Kier alpha value is -0.620. The Kier molecular flexibility index (Phi) is 9.96. The number of rotatable bonds is 7. The zero-order chi connectivity index (χ0) is 14.0. The monoisotopic (exact) mass is 292 g/mol. The van der Waals surface area contributed by atoms with Gasteiger partial charge in [-0.25, -0.2) is 0 Å². The third-order valence-corrected chi connectivity index (χ3v) is 3.33. The van der Waals surface area contributed by atoms with E-state index in [0.29, 0.717) is 23.6 Å². The zero-order valence-electron chi connectivity index (χ0n) is 11.8. The van der Waals surface area contributed by atoms with Gasteiger partial charge in [0.1, 0.15) is 13.2 Å². The Balaban J connectivity index is 3.79. The average molecular weight is 292 g/mol. The van der Waals surface area contributed by atoms with Crippen molar-refractivity contribution in [2.45, 2.75) is 27.7 Å². The summed E-state index contributed by atoms with van der Waals surface area (Å²) in [6, 6.07) is 0. The molecular formula is C12H24N2O2S2. The first-order valence-corrected chi connectivity index (χ1v) is 7.25. The van der Waals surface area contributed by atoms with Crippen LogP contribution in [0.15, 0.2) is 0 Å². The van der Waals surface area contributed by atoms with E-state index in [2.05, 4.69) is 0 Å². The summed E-state index contributed by atoms with van der Waals surface area (Å²) in [5.74, 6) is 0. The molecule has 0 aromatic rings. The molecule has 0 unspecified atom stereocenters. The minimum absolute atomic E-state index is 0.427. The van der Waals surface area contributed by atoms with Crippen LogP contribution in [0.3, 0.4) is 0 Å². The molecule has 0 N–H and O–H groups in total. The van der Waals surface area contributed by atoms with Crippen molar-refractivity contribution in [3.8, 4) is 0 Å². The van der Waals surface area contributed by atoms with Crippen LogP contribution in [-0.2, 0) is 9.47 Å². The lowest BCUT2D eigenvalue weighted by atomic mass is 10.6. The largest absolute Gasteiger partial charge is 0.467 e. The van der Waals surface area contributed by atoms with Gasteiger partial charge in [-0.1, -0.05) is 0 Å². The fraction of sp³-hybridized carbons (Fsp3) is 0.833. The fourth-order valence-corrected chi connectivity index (χ4v) is 2.09. The van der Waals surface area contributed by atoms with Gasteiger partial charge in [-0.05, 0) is 52.1 Å². The first kappa shape index (κ1) is 17.4. The van der Waals surface area contributed by atoms with Gasteiger partial charge in [0, 0.05) is 26.2 Å². The van der Waals surface area contributed by atoms with Gasteiger partial charge in [0.15, 0.2) is 0 Å². The van der Waals surface area contributed by atoms with Crippen LogP contribution in [0.4, 0.5) is 0 Å². The van der Waals surface area contributed by atoms with Crippen molar-refractivity contribution in [1.29, 1.82) is 0 Å². The van der Waals surface area contributed by atoms with Gasteiger partial charge in [-0.3, -0.25) is 0 Å². The van der Waals surface area contributed by atoms with Crippen molar-refractivity contribution < 1.29 is 9.47 Å². The number of hydrogen-bond acceptors (Lipinski definition) is 4. The van der Waals surface area contributed by atoms with Crippen molar-refractivity contribution in [2.75, 3.05) is 39.4 Å². The van der Waals surface area contributed by atoms with E-state index in [9.17, 15) is 0 Å². The normalized spacial score (nSPS) is 9.78. The molecule has 0 amide bonds. The first-order chi connectivity index (χ1) is 8.60. The number of thiocarbonyl (C=S) groups is 2. The lowest BCUT2D eigenvalue weighted by Crippen LogP contribution is -2.33. The molecule has 0 saturated carbocycles. The van der Waals surface area contributed by atoms with E-state index < -0.39 is 0 Å². The van der Waals surface area contributed by atoms with Crippen LogP contribution in [0.1, 0.15) is 27.7 Å². The second-order valence-corrected chi connectivity index (χ2v) is 4.27. The van der Waals surface area contributed by atoms with Gasteiger partial charge in [0.05, 0.1) is 0 Å². The molecule has 0 rings (SSSR count). The second-order valence-electron chi connectivity index (χ2n) is 3.57. The summed E-state index contributed by atoms with van der Waals surface area (Å²) in [4.78, 5) is 3.97. The standard InChI is InChI=1S/C12H24N2O2S2/c1-5-13(6-2)11(17)15-9-10-16-12(18)14(7-3)8-4/h5-10H2,1-4H3. The van der Waals surface area contributed by atoms with Crippen LogP contribution in [0.25, 0.3) is 0 Å². The SMILES string of the molecule is CCN(CC)C(=S)OCCOC(=S)N(CC)CC. The van der Waals surface area contributed by atoms with Crippen LogP contribution in [0, 0.1) is 0 Å². The van der Waals surface area contributed by atoms with Gasteiger partial charge in [0.25, 0.3) is 10.3 Å². The molecule has 18 heavy (non-hydrogen) atoms. The quantitative estimate of drug-likeness (QED) is 0.527. The van der Waals surface area contributed by atoms with Crippen molar-refractivity contribution in [3.63, 3.8) is 0 Å². The van der Waals surface area contributed by atoms with E-state index in [0.717, 1.165) is 26.2 Å². The van der Waals surface area contributed by atoms with Crippen LogP contribution in [0.2, 0.25) is 0 Å². The smallest absolute Gasteiger partial charge is 0.259 e. The van der Waals surface area contributed by atoms with Gasteiger partial charge in [-0.2, -0.15) is 0 Å². The maximum atomic E-state index is 5.44. The highest BCUT2D eigenvalue weighted by Crippen LogP contribution is 1.96. The number of hydrogen-bond donors (Lipinski definition) is 0. The Morgan fingerprint density at radius 2 is 1.00 bits per heavy atom. The van der Waals surface area contributed by atoms with E-state index in [-0.39, 0.29) is 0 Å². The Bertz CT molecular complexity index is 228. The van der Waals surface area contributed by atoms with Crippen LogP contribution < -0.4 is 0 Å². The molecule has 0 aromatic carbocycles. The van der Waals surface area contributed by atoms with Crippen molar-refractivity contribution in [2.24, 2.45) is 0 Å². The minimum Gasteiger partial charge on any atom is -0.467 e. The molecule has 0 aliphatic heterocycles. The van der Waals surface area contributed by atoms with Crippen molar-refractivity contribution in [1.82, 2.24) is 9.80 Å². The van der Waals surface area contributed by atoms with E-state index in [1.165, 1.54) is 0 Å². The number of nitrogens with zero attached hydrogens (tertiary/aromatic N) is 2. The maximum absolute atomic E-state index is 5.44. The van der Waals surface area contributed by atoms with Crippen LogP contribution in [0.5, 0.6) is 0 Å². The molecule has 0 fully saturated rings. The maximum Gasteiger partial charge on any atom is 0.259 e. The molecule has 0 aliphatic carbocycles. The molecule has 6 heteroatoms. The zero-order valence-corrected chi connectivity index (χ0v) is 13.4. The summed E-state index contributed by atoms with van der Waals surface area (Å²) in [5.41, 5.74) is 0. The highest BCUT2D eigenvalue weighted by atomic mass is 32.1. The molecule has 0 aromatic heterocycles. The van der Waals surface area contributed by atoms with Gasteiger partial charge in [-0.15, -0.1) is 0 Å². The summed E-state index contributed by atoms with van der Waals surface area (Å²) >= 11 is 10.3.